The number of piperidine rings is 1. The Morgan fingerprint density at radius 2 is 1.81 bits per heavy atom. The SMILES string of the molecule is COc1cc(C(C)(C)O)cc(Br)c1Oc1nc(C)nc(N2CCCCC2)n1. The fourth-order valence-electron chi connectivity index (χ4n) is 2.99. The van der Waals surface area contributed by atoms with Gasteiger partial charge in [-0.25, -0.2) is 0 Å². The first-order valence-electron chi connectivity index (χ1n) is 9.04. The maximum Gasteiger partial charge on any atom is 0.327 e. The number of benzene rings is 1. The van der Waals surface area contributed by atoms with Gasteiger partial charge < -0.3 is 19.5 Å². The van der Waals surface area contributed by atoms with Crippen molar-refractivity contribution in [3.05, 3.63) is 28.0 Å². The lowest BCUT2D eigenvalue weighted by molar-refractivity contribution is 0.0782. The Labute approximate surface area is 167 Å². The molecular formula is C19H25BrN4O3. The van der Waals surface area contributed by atoms with Gasteiger partial charge in [0.15, 0.2) is 11.5 Å². The summed E-state index contributed by atoms with van der Waals surface area (Å²) in [6, 6.07) is 3.77. The highest BCUT2D eigenvalue weighted by atomic mass is 79.9. The molecule has 0 bridgehead atoms. The van der Waals surface area contributed by atoms with Crippen molar-refractivity contribution in [1.82, 2.24) is 15.0 Å². The molecule has 1 aliphatic heterocycles. The van der Waals surface area contributed by atoms with E-state index in [0.29, 0.717) is 33.3 Å². The lowest BCUT2D eigenvalue weighted by Crippen LogP contribution is -2.31. The number of nitrogens with zero attached hydrogens (tertiary/aromatic N) is 4. The highest BCUT2D eigenvalue weighted by molar-refractivity contribution is 9.10. The Bertz CT molecular complexity index is 817. The minimum atomic E-state index is -1.00. The molecule has 1 aromatic heterocycles. The molecule has 3 rings (SSSR count). The van der Waals surface area contributed by atoms with E-state index in [9.17, 15) is 5.11 Å². The van der Waals surface area contributed by atoms with Crippen molar-refractivity contribution in [1.29, 1.82) is 0 Å². The zero-order chi connectivity index (χ0) is 19.6. The molecule has 0 radical (unpaired) electrons. The van der Waals surface area contributed by atoms with Crippen LogP contribution >= 0.6 is 15.9 Å². The zero-order valence-corrected chi connectivity index (χ0v) is 17.7. The van der Waals surface area contributed by atoms with Crippen LogP contribution in [0.3, 0.4) is 0 Å². The summed E-state index contributed by atoms with van der Waals surface area (Å²) in [7, 11) is 1.56. The first kappa shape index (κ1) is 19.8. The van der Waals surface area contributed by atoms with Crippen LogP contribution in [0.4, 0.5) is 5.95 Å². The van der Waals surface area contributed by atoms with E-state index in [0.717, 1.165) is 25.9 Å². The summed E-state index contributed by atoms with van der Waals surface area (Å²) in [4.78, 5) is 15.4. The molecule has 1 aromatic carbocycles. The van der Waals surface area contributed by atoms with E-state index in [1.165, 1.54) is 6.42 Å². The molecule has 1 saturated heterocycles. The van der Waals surface area contributed by atoms with Crippen molar-refractivity contribution < 1.29 is 14.6 Å². The Balaban J connectivity index is 1.94. The van der Waals surface area contributed by atoms with Crippen LogP contribution in [0.2, 0.25) is 0 Å². The number of aromatic nitrogens is 3. The lowest BCUT2D eigenvalue weighted by atomic mass is 9.98. The van der Waals surface area contributed by atoms with E-state index < -0.39 is 5.60 Å². The van der Waals surface area contributed by atoms with Crippen molar-refractivity contribution in [2.45, 2.75) is 45.6 Å². The molecule has 0 saturated carbocycles. The third-order valence-electron chi connectivity index (χ3n) is 4.48. The van der Waals surface area contributed by atoms with Gasteiger partial charge in [0.05, 0.1) is 17.2 Å². The average molecular weight is 437 g/mol. The van der Waals surface area contributed by atoms with Gasteiger partial charge in [0.2, 0.25) is 5.95 Å². The number of halogens is 1. The molecule has 0 spiro atoms. The highest BCUT2D eigenvalue weighted by Crippen LogP contribution is 2.41. The molecule has 0 amide bonds. The van der Waals surface area contributed by atoms with Crippen molar-refractivity contribution in [3.63, 3.8) is 0 Å². The van der Waals surface area contributed by atoms with E-state index >= 15 is 0 Å². The normalized spacial score (nSPS) is 15.0. The second-order valence-corrected chi connectivity index (χ2v) is 8.02. The highest BCUT2D eigenvalue weighted by Gasteiger charge is 2.23. The third kappa shape index (κ3) is 4.68. The molecule has 7 nitrogen and oxygen atoms in total. The van der Waals surface area contributed by atoms with Crippen LogP contribution in [0.25, 0.3) is 0 Å². The Morgan fingerprint density at radius 3 is 2.44 bits per heavy atom. The molecular weight excluding hydrogens is 412 g/mol. The maximum atomic E-state index is 10.3. The molecule has 1 N–H and O–H groups in total. The van der Waals surface area contributed by atoms with Crippen molar-refractivity contribution in [2.75, 3.05) is 25.1 Å². The number of hydrogen-bond donors (Lipinski definition) is 1. The largest absolute Gasteiger partial charge is 0.493 e. The number of hydrogen-bond acceptors (Lipinski definition) is 7. The number of ether oxygens (including phenoxy) is 2. The van der Waals surface area contributed by atoms with Crippen LogP contribution in [0.5, 0.6) is 17.5 Å². The summed E-state index contributed by atoms with van der Waals surface area (Å²) >= 11 is 3.50. The van der Waals surface area contributed by atoms with E-state index in [1.807, 2.05) is 6.92 Å². The topological polar surface area (TPSA) is 80.6 Å². The van der Waals surface area contributed by atoms with Crippen molar-refractivity contribution >= 4 is 21.9 Å². The molecule has 1 aliphatic rings. The van der Waals surface area contributed by atoms with Crippen molar-refractivity contribution in [3.8, 4) is 17.5 Å². The van der Waals surface area contributed by atoms with Crippen LogP contribution in [0.1, 0.15) is 44.5 Å². The molecule has 27 heavy (non-hydrogen) atoms. The number of aryl methyl sites for hydroxylation is 1. The molecule has 2 heterocycles. The van der Waals surface area contributed by atoms with Gasteiger partial charge >= 0.3 is 6.01 Å². The van der Waals surface area contributed by atoms with E-state index in [-0.39, 0.29) is 6.01 Å². The van der Waals surface area contributed by atoms with Gasteiger partial charge in [-0.15, -0.1) is 0 Å². The Morgan fingerprint density at radius 1 is 1.11 bits per heavy atom. The number of rotatable bonds is 5. The number of aliphatic hydroxyl groups is 1. The second-order valence-electron chi connectivity index (χ2n) is 7.16. The zero-order valence-electron chi connectivity index (χ0n) is 16.1. The van der Waals surface area contributed by atoms with Crippen LogP contribution < -0.4 is 14.4 Å². The standard InChI is InChI=1S/C19H25BrN4O3/c1-12-21-17(24-8-6-5-7-9-24)23-18(22-12)27-16-14(20)10-13(19(2,3)25)11-15(16)26-4/h10-11,25H,5-9H2,1-4H3. The predicted octanol–water partition coefficient (Wildman–Crippen LogP) is 3.96. The van der Waals surface area contributed by atoms with E-state index in [4.69, 9.17) is 9.47 Å². The summed E-state index contributed by atoms with van der Waals surface area (Å²) in [6.07, 6.45) is 3.51. The molecule has 1 fully saturated rings. The van der Waals surface area contributed by atoms with Crippen LogP contribution in [0.15, 0.2) is 16.6 Å². The maximum absolute atomic E-state index is 10.3. The third-order valence-corrected chi connectivity index (χ3v) is 5.07. The van der Waals surface area contributed by atoms with Crippen LogP contribution in [0, 0.1) is 6.92 Å². The lowest BCUT2D eigenvalue weighted by Gasteiger charge is -2.26. The molecule has 0 aliphatic carbocycles. The summed E-state index contributed by atoms with van der Waals surface area (Å²) in [5.74, 6) is 2.18. The smallest absolute Gasteiger partial charge is 0.327 e. The monoisotopic (exact) mass is 436 g/mol. The first-order valence-corrected chi connectivity index (χ1v) is 9.83. The summed E-state index contributed by atoms with van der Waals surface area (Å²) in [5.41, 5.74) is -0.293. The minimum absolute atomic E-state index is 0.220. The molecule has 2 aromatic rings. The molecule has 0 atom stereocenters. The molecule has 146 valence electrons. The Kier molecular flexibility index (Phi) is 5.86. The van der Waals surface area contributed by atoms with Gasteiger partial charge in [-0.1, -0.05) is 0 Å². The van der Waals surface area contributed by atoms with E-state index in [1.54, 1.807) is 33.1 Å². The van der Waals surface area contributed by atoms with Crippen molar-refractivity contribution in [2.24, 2.45) is 0 Å². The van der Waals surface area contributed by atoms with Crippen LogP contribution in [-0.4, -0.2) is 40.3 Å². The minimum Gasteiger partial charge on any atom is -0.493 e. The predicted molar refractivity (Wildman–Crippen MR) is 107 cm³/mol. The van der Waals surface area contributed by atoms with Gasteiger partial charge in [0.1, 0.15) is 5.82 Å². The Hall–Kier alpha value is -1.93. The summed E-state index contributed by atoms with van der Waals surface area (Å²) in [5, 5.41) is 10.3. The number of methoxy groups -OCH3 is 1. The van der Waals surface area contributed by atoms with Gasteiger partial charge in [0, 0.05) is 13.1 Å². The van der Waals surface area contributed by atoms with E-state index in [2.05, 4.69) is 35.8 Å². The van der Waals surface area contributed by atoms with Crippen LogP contribution in [-0.2, 0) is 5.60 Å². The van der Waals surface area contributed by atoms with Gasteiger partial charge in [0.25, 0.3) is 0 Å². The quantitative estimate of drug-likeness (QED) is 0.759. The summed E-state index contributed by atoms with van der Waals surface area (Å²) in [6.45, 7) is 7.14. The van der Waals surface area contributed by atoms with Gasteiger partial charge in [-0.2, -0.15) is 15.0 Å². The fourth-order valence-corrected chi connectivity index (χ4v) is 3.51. The fraction of sp³-hybridized carbons (Fsp3) is 0.526. The number of anilines is 1. The average Bonchev–Trinajstić information content (AvgIpc) is 2.62. The van der Waals surface area contributed by atoms with Gasteiger partial charge in [-0.3, -0.25) is 0 Å². The second kappa shape index (κ2) is 7.98. The molecule has 0 unspecified atom stereocenters. The molecule has 8 heteroatoms. The summed E-state index contributed by atoms with van der Waals surface area (Å²) < 4.78 is 12.1. The first-order chi connectivity index (χ1) is 12.8. The van der Waals surface area contributed by atoms with Gasteiger partial charge in [-0.05, 0) is 73.7 Å².